The molecule has 1 N–H and O–H groups in total. The quantitative estimate of drug-likeness (QED) is 0.321. The van der Waals surface area contributed by atoms with Crippen LogP contribution in [0.1, 0.15) is 31.0 Å². The lowest BCUT2D eigenvalue weighted by molar-refractivity contribution is -0.142. The molecule has 1 amide bonds. The van der Waals surface area contributed by atoms with Gasteiger partial charge in [-0.05, 0) is 44.5 Å². The minimum atomic E-state index is -0.455. The van der Waals surface area contributed by atoms with Crippen LogP contribution in [0.2, 0.25) is 0 Å². The number of benzene rings is 1. The molecule has 0 saturated carbocycles. The van der Waals surface area contributed by atoms with Gasteiger partial charge < -0.3 is 19.8 Å². The molecule has 5 heterocycles. The summed E-state index contributed by atoms with van der Waals surface area (Å²) in [5.41, 5.74) is 2.36. The van der Waals surface area contributed by atoms with E-state index in [9.17, 15) is 19.6 Å². The number of halogens is 1. The van der Waals surface area contributed by atoms with Crippen LogP contribution >= 0.6 is 22.7 Å². The Morgan fingerprint density at radius 2 is 2.07 bits per heavy atom. The largest absolute Gasteiger partial charge is 0.389 e. The fraction of sp³-hybridized carbons (Fsp3) is 0.464. The summed E-state index contributed by atoms with van der Waals surface area (Å²) < 4.78 is 15.6. The van der Waals surface area contributed by atoms with Gasteiger partial charge in [-0.15, -0.1) is 16.4 Å². The Bertz CT molecular complexity index is 1650. The Hall–Kier alpha value is -3.64. The van der Waals surface area contributed by atoms with Gasteiger partial charge in [0.05, 0.1) is 35.7 Å². The first kappa shape index (κ1) is 28.5. The van der Waals surface area contributed by atoms with E-state index in [2.05, 4.69) is 22.8 Å². The Balaban J connectivity index is 1.22. The molecule has 0 aliphatic carbocycles. The number of nitrogens with zero attached hydrogens (tertiary/aromatic N) is 9. The van der Waals surface area contributed by atoms with Gasteiger partial charge in [0.25, 0.3) is 0 Å². The van der Waals surface area contributed by atoms with Gasteiger partial charge in [0.15, 0.2) is 10.9 Å². The van der Waals surface area contributed by atoms with Gasteiger partial charge in [-0.2, -0.15) is 9.78 Å². The number of piperidine rings is 1. The van der Waals surface area contributed by atoms with Gasteiger partial charge in [-0.25, -0.2) is 14.4 Å². The molecule has 0 spiro atoms. The number of rotatable bonds is 8. The lowest BCUT2D eigenvalue weighted by Crippen LogP contribution is -2.57. The highest BCUT2D eigenvalue weighted by atomic mass is 32.1. The molecule has 2 aliphatic heterocycles. The lowest BCUT2D eigenvalue weighted by Gasteiger charge is -2.40. The molecule has 11 nitrogen and oxygen atoms in total. The van der Waals surface area contributed by atoms with E-state index in [1.54, 1.807) is 22.3 Å². The molecule has 14 heteroatoms. The van der Waals surface area contributed by atoms with Crippen molar-refractivity contribution in [3.63, 3.8) is 0 Å². The Morgan fingerprint density at radius 3 is 2.81 bits per heavy atom. The summed E-state index contributed by atoms with van der Waals surface area (Å²) in [6, 6.07) is 6.43. The van der Waals surface area contributed by atoms with Crippen LogP contribution in [0.25, 0.3) is 16.2 Å². The van der Waals surface area contributed by atoms with Crippen LogP contribution in [0, 0.1) is 17.1 Å². The van der Waals surface area contributed by atoms with Crippen molar-refractivity contribution in [3.05, 3.63) is 40.7 Å². The number of aryl methyl sites for hydroxylation is 1. The fourth-order valence-corrected chi connectivity index (χ4v) is 7.27. The highest BCUT2D eigenvalue weighted by Crippen LogP contribution is 2.37. The molecule has 6 rings (SSSR count). The van der Waals surface area contributed by atoms with Crippen LogP contribution in [0.15, 0.2) is 23.6 Å². The third-order valence-electron chi connectivity index (χ3n) is 7.94. The van der Waals surface area contributed by atoms with E-state index in [0.29, 0.717) is 36.0 Å². The van der Waals surface area contributed by atoms with E-state index >= 15 is 0 Å². The van der Waals surface area contributed by atoms with E-state index in [-0.39, 0.29) is 17.5 Å². The summed E-state index contributed by atoms with van der Waals surface area (Å²) in [5, 5.41) is 27.5. The molecular weight excluding hydrogens is 578 g/mol. The number of carbonyl (C=O) groups excluding carboxylic acids is 1. The number of thiazole rings is 1. The summed E-state index contributed by atoms with van der Waals surface area (Å²) in [6.45, 7) is 4.90. The number of hydrogen-bond donors (Lipinski definition) is 1. The minimum absolute atomic E-state index is 0.0565. The molecule has 2 saturated heterocycles. The van der Waals surface area contributed by atoms with E-state index in [1.165, 1.54) is 23.5 Å². The maximum absolute atomic E-state index is 13.7. The number of β-amino-alcohol motifs (C(OH)–C–C–N with tert-alkyl or cyclic N) is 1. The summed E-state index contributed by atoms with van der Waals surface area (Å²) in [6.07, 6.45) is 2.33. The van der Waals surface area contributed by atoms with E-state index in [1.807, 2.05) is 28.9 Å². The zero-order chi connectivity index (χ0) is 29.5. The van der Waals surface area contributed by atoms with Gasteiger partial charge in [0, 0.05) is 50.2 Å². The molecular formula is C28H32FN9O2S2. The standard InChI is InChI=1S/C28H32FN9O2S2/c1-4-22-25(35(3)26-32-23(16-41-26)21-8-7-18(29)10-17(21)11-30)38-27(31-22)42-28(33-38)36-9-5-6-19(12-36)34(2)15-24(40)37-13-20(39)14-37/h7-8,10,16,19-20,39H,4-6,9,12-15H2,1-3H3. The zero-order valence-electron chi connectivity index (χ0n) is 23.7. The molecule has 0 bridgehead atoms. The normalized spacial score (nSPS) is 17.6. The van der Waals surface area contributed by atoms with Crippen LogP contribution in [-0.4, -0.2) is 99.4 Å². The smallest absolute Gasteiger partial charge is 0.236 e. The maximum atomic E-state index is 13.7. The van der Waals surface area contributed by atoms with Crippen molar-refractivity contribution in [2.75, 3.05) is 56.6 Å². The van der Waals surface area contributed by atoms with Crippen molar-refractivity contribution in [1.29, 1.82) is 5.26 Å². The van der Waals surface area contributed by atoms with Crippen LogP contribution in [0.3, 0.4) is 0 Å². The first-order valence-electron chi connectivity index (χ1n) is 13.9. The number of fused-ring (bicyclic) bond motifs is 1. The van der Waals surface area contributed by atoms with Crippen LogP contribution < -0.4 is 9.80 Å². The summed E-state index contributed by atoms with van der Waals surface area (Å²) in [4.78, 5) is 31.1. The summed E-state index contributed by atoms with van der Waals surface area (Å²) in [7, 11) is 3.92. The topological polar surface area (TPSA) is 117 Å². The number of aliphatic hydroxyl groups is 1. The van der Waals surface area contributed by atoms with Crippen molar-refractivity contribution in [2.45, 2.75) is 38.3 Å². The fourth-order valence-electron chi connectivity index (χ4n) is 5.52. The first-order valence-corrected chi connectivity index (χ1v) is 15.6. The van der Waals surface area contributed by atoms with E-state index < -0.39 is 11.9 Å². The number of amides is 1. The zero-order valence-corrected chi connectivity index (χ0v) is 25.3. The number of likely N-dealkylation sites (tertiary alicyclic amines) is 1. The predicted molar refractivity (Wildman–Crippen MR) is 161 cm³/mol. The molecule has 220 valence electrons. The monoisotopic (exact) mass is 609 g/mol. The van der Waals surface area contributed by atoms with E-state index in [0.717, 1.165) is 54.0 Å². The third kappa shape index (κ3) is 5.33. The number of anilines is 3. The summed E-state index contributed by atoms with van der Waals surface area (Å²) >= 11 is 2.99. The molecule has 4 aromatic rings. The van der Waals surface area contributed by atoms with Crippen LogP contribution in [0.4, 0.5) is 20.5 Å². The minimum Gasteiger partial charge on any atom is -0.389 e. The second kappa shape index (κ2) is 11.6. The second-order valence-corrected chi connectivity index (χ2v) is 12.6. The summed E-state index contributed by atoms with van der Waals surface area (Å²) in [5.74, 6) is 0.438. The number of likely N-dealkylation sites (N-methyl/N-ethyl adjacent to an activating group) is 1. The van der Waals surface area contributed by atoms with Crippen molar-refractivity contribution in [1.82, 2.24) is 29.4 Å². The number of hydrogen-bond acceptors (Lipinski definition) is 11. The number of imidazole rings is 1. The van der Waals surface area contributed by atoms with E-state index in [4.69, 9.17) is 15.1 Å². The highest BCUT2D eigenvalue weighted by Gasteiger charge is 2.32. The number of aromatic nitrogens is 4. The molecule has 1 unspecified atom stereocenters. The van der Waals surface area contributed by atoms with Crippen molar-refractivity contribution in [2.24, 2.45) is 0 Å². The number of nitriles is 1. The SMILES string of the molecule is CCc1nc2sc(N3CCCC(N(C)CC(=O)N4CC(O)C4)C3)nn2c1N(C)c1nc(-c2ccc(F)cc2C#N)cs1. The van der Waals surface area contributed by atoms with Crippen molar-refractivity contribution >= 4 is 49.6 Å². The molecule has 1 atom stereocenters. The molecule has 2 fully saturated rings. The average Bonchev–Trinajstić information content (AvgIpc) is 3.70. The molecule has 1 aromatic carbocycles. The highest BCUT2D eigenvalue weighted by molar-refractivity contribution is 7.20. The molecule has 2 aliphatic rings. The van der Waals surface area contributed by atoms with Gasteiger partial charge in [-0.1, -0.05) is 18.3 Å². The Kier molecular flexibility index (Phi) is 7.84. The molecule has 3 aromatic heterocycles. The van der Waals surface area contributed by atoms with Gasteiger partial charge in [0.2, 0.25) is 16.0 Å². The predicted octanol–water partition coefficient (Wildman–Crippen LogP) is 3.36. The first-order chi connectivity index (χ1) is 20.2. The maximum Gasteiger partial charge on any atom is 0.236 e. The van der Waals surface area contributed by atoms with Crippen LogP contribution in [0.5, 0.6) is 0 Å². The van der Waals surface area contributed by atoms with Crippen molar-refractivity contribution < 1.29 is 14.3 Å². The molecule has 0 radical (unpaired) electrons. The lowest BCUT2D eigenvalue weighted by atomic mass is 10.0. The van der Waals surface area contributed by atoms with Gasteiger partial charge >= 0.3 is 0 Å². The second-order valence-electron chi connectivity index (χ2n) is 10.8. The third-order valence-corrected chi connectivity index (χ3v) is 9.82. The molecule has 42 heavy (non-hydrogen) atoms. The Labute approximate surface area is 251 Å². The van der Waals surface area contributed by atoms with Gasteiger partial charge in [-0.3, -0.25) is 9.69 Å². The average molecular weight is 610 g/mol. The Morgan fingerprint density at radius 1 is 1.26 bits per heavy atom. The van der Waals surface area contributed by atoms with Gasteiger partial charge in [0.1, 0.15) is 5.82 Å². The van der Waals surface area contributed by atoms with Crippen molar-refractivity contribution in [3.8, 4) is 17.3 Å². The van der Waals surface area contributed by atoms with Crippen LogP contribution in [-0.2, 0) is 11.2 Å². The number of aliphatic hydroxyl groups excluding tert-OH is 1. The number of carbonyl (C=O) groups is 1.